The first-order chi connectivity index (χ1) is 11.1. The molecule has 0 heterocycles. The average Bonchev–Trinajstić information content (AvgIpc) is 2.55. The minimum absolute atomic E-state index is 0.0807. The van der Waals surface area contributed by atoms with E-state index in [9.17, 15) is 4.79 Å². The van der Waals surface area contributed by atoms with E-state index in [1.165, 1.54) is 57.8 Å². The number of halogens is 1. The molecule has 0 fully saturated rings. The van der Waals surface area contributed by atoms with E-state index in [1.54, 1.807) is 18.2 Å². The molecule has 0 saturated heterocycles. The van der Waals surface area contributed by atoms with Crippen LogP contribution in [0.15, 0.2) is 18.2 Å². The minimum Gasteiger partial charge on any atom is -0.398 e. The zero-order valence-corrected chi connectivity index (χ0v) is 15.1. The number of benzene rings is 1. The van der Waals surface area contributed by atoms with Gasteiger partial charge in [-0.15, -0.1) is 0 Å². The van der Waals surface area contributed by atoms with Gasteiger partial charge >= 0.3 is 0 Å². The Kier molecular flexibility index (Phi) is 10.5. The molecular weight excluding hydrogens is 308 g/mol. The molecule has 130 valence electrons. The second-order valence-electron chi connectivity index (χ2n) is 6.17. The highest BCUT2D eigenvalue weighted by molar-refractivity contribution is 6.33. The summed E-state index contributed by atoms with van der Waals surface area (Å²) in [6, 6.07) is 4.98. The third-order valence-corrected chi connectivity index (χ3v) is 4.41. The summed E-state index contributed by atoms with van der Waals surface area (Å²) >= 11 is 5.93. The fourth-order valence-corrected chi connectivity index (χ4v) is 2.77. The van der Waals surface area contributed by atoms with Crippen LogP contribution in [-0.2, 0) is 0 Å². The molecule has 1 rings (SSSR count). The second-order valence-corrected chi connectivity index (χ2v) is 6.58. The van der Waals surface area contributed by atoms with Crippen LogP contribution in [0.5, 0.6) is 0 Å². The first kappa shape index (κ1) is 19.8. The zero-order valence-electron chi connectivity index (χ0n) is 14.4. The molecule has 0 aliphatic heterocycles. The van der Waals surface area contributed by atoms with Crippen molar-refractivity contribution in [2.45, 2.75) is 71.1 Å². The normalized spacial score (nSPS) is 10.7. The highest BCUT2D eigenvalue weighted by Gasteiger charge is 2.06. The van der Waals surface area contributed by atoms with E-state index in [0.717, 1.165) is 13.0 Å². The van der Waals surface area contributed by atoms with E-state index in [1.807, 2.05) is 0 Å². The topological polar surface area (TPSA) is 55.1 Å². The fourth-order valence-electron chi connectivity index (χ4n) is 2.58. The number of carbonyl (C=O) groups is 1. The van der Waals surface area contributed by atoms with Crippen LogP contribution < -0.4 is 11.1 Å². The molecule has 4 heteroatoms. The smallest absolute Gasteiger partial charge is 0.251 e. The predicted molar refractivity (Wildman–Crippen MR) is 100 cm³/mol. The van der Waals surface area contributed by atoms with Crippen molar-refractivity contribution in [1.82, 2.24) is 5.32 Å². The summed E-state index contributed by atoms with van der Waals surface area (Å²) in [6.07, 6.45) is 13.0. The van der Waals surface area contributed by atoms with E-state index in [0.29, 0.717) is 16.3 Å². The van der Waals surface area contributed by atoms with Gasteiger partial charge in [0.2, 0.25) is 0 Å². The Hall–Kier alpha value is -1.22. The summed E-state index contributed by atoms with van der Waals surface area (Å²) in [5.74, 6) is -0.0807. The summed E-state index contributed by atoms with van der Waals surface area (Å²) < 4.78 is 0. The summed E-state index contributed by atoms with van der Waals surface area (Å²) in [4.78, 5) is 12.0. The standard InChI is InChI=1S/C19H31ClN2O/c1-2-3-4-5-6-7-8-9-10-11-14-22-19(23)16-12-13-18(21)17(20)15-16/h12-13,15H,2-11,14,21H2,1H3,(H,22,23). The number of hydrogen-bond acceptors (Lipinski definition) is 2. The van der Waals surface area contributed by atoms with Gasteiger partial charge in [-0.1, -0.05) is 76.3 Å². The molecule has 0 saturated carbocycles. The lowest BCUT2D eigenvalue weighted by molar-refractivity contribution is 0.0953. The monoisotopic (exact) mass is 338 g/mol. The number of anilines is 1. The van der Waals surface area contributed by atoms with Crippen LogP contribution in [0, 0.1) is 0 Å². The maximum atomic E-state index is 12.0. The highest BCUT2D eigenvalue weighted by Crippen LogP contribution is 2.19. The van der Waals surface area contributed by atoms with E-state index >= 15 is 0 Å². The van der Waals surface area contributed by atoms with Crippen molar-refractivity contribution in [2.24, 2.45) is 0 Å². The lowest BCUT2D eigenvalue weighted by Crippen LogP contribution is -2.24. The first-order valence-electron chi connectivity index (χ1n) is 8.98. The third-order valence-electron chi connectivity index (χ3n) is 4.08. The van der Waals surface area contributed by atoms with Crippen molar-refractivity contribution in [3.8, 4) is 0 Å². The van der Waals surface area contributed by atoms with Crippen LogP contribution >= 0.6 is 11.6 Å². The number of rotatable bonds is 12. The lowest BCUT2D eigenvalue weighted by atomic mass is 10.1. The van der Waals surface area contributed by atoms with Gasteiger partial charge in [-0.3, -0.25) is 4.79 Å². The Balaban J connectivity index is 2.00. The number of unbranched alkanes of at least 4 members (excludes halogenated alkanes) is 9. The number of nitrogens with one attached hydrogen (secondary N) is 1. The molecule has 1 aromatic carbocycles. The van der Waals surface area contributed by atoms with Crippen molar-refractivity contribution in [3.63, 3.8) is 0 Å². The first-order valence-corrected chi connectivity index (χ1v) is 9.36. The van der Waals surface area contributed by atoms with Gasteiger partial charge in [0.05, 0.1) is 10.7 Å². The number of nitrogen functional groups attached to an aromatic ring is 1. The summed E-state index contributed by atoms with van der Waals surface area (Å²) in [7, 11) is 0. The van der Waals surface area contributed by atoms with E-state index in [4.69, 9.17) is 17.3 Å². The zero-order chi connectivity index (χ0) is 16.9. The Morgan fingerprint density at radius 1 is 1.00 bits per heavy atom. The van der Waals surface area contributed by atoms with Gasteiger partial charge < -0.3 is 11.1 Å². The summed E-state index contributed by atoms with van der Waals surface area (Å²) in [5.41, 5.74) is 6.70. The molecule has 0 spiro atoms. The third kappa shape index (κ3) is 8.85. The molecule has 0 aromatic heterocycles. The van der Waals surface area contributed by atoms with E-state index < -0.39 is 0 Å². The summed E-state index contributed by atoms with van der Waals surface area (Å²) in [6.45, 7) is 2.97. The van der Waals surface area contributed by atoms with Crippen LogP contribution in [0.4, 0.5) is 5.69 Å². The molecule has 0 radical (unpaired) electrons. The van der Waals surface area contributed by atoms with Gasteiger partial charge in [-0.05, 0) is 24.6 Å². The van der Waals surface area contributed by atoms with Crippen LogP contribution in [0.1, 0.15) is 81.5 Å². The molecular formula is C19H31ClN2O. The van der Waals surface area contributed by atoms with Crippen molar-refractivity contribution in [3.05, 3.63) is 28.8 Å². The quantitative estimate of drug-likeness (QED) is 0.386. The fraction of sp³-hybridized carbons (Fsp3) is 0.632. The SMILES string of the molecule is CCCCCCCCCCCCNC(=O)c1ccc(N)c(Cl)c1. The van der Waals surface area contributed by atoms with Gasteiger partial charge in [0.1, 0.15) is 0 Å². The number of amides is 1. The Bertz CT molecular complexity index is 463. The van der Waals surface area contributed by atoms with Crippen molar-refractivity contribution in [1.29, 1.82) is 0 Å². The average molecular weight is 339 g/mol. The lowest BCUT2D eigenvalue weighted by Gasteiger charge is -2.06. The van der Waals surface area contributed by atoms with Crippen LogP contribution in [0.25, 0.3) is 0 Å². The van der Waals surface area contributed by atoms with Crippen LogP contribution in [-0.4, -0.2) is 12.5 Å². The van der Waals surface area contributed by atoms with Gasteiger partial charge in [-0.2, -0.15) is 0 Å². The molecule has 3 nitrogen and oxygen atoms in total. The number of hydrogen-bond donors (Lipinski definition) is 2. The molecule has 23 heavy (non-hydrogen) atoms. The molecule has 1 amide bonds. The molecule has 0 atom stereocenters. The van der Waals surface area contributed by atoms with Gasteiger partial charge in [0, 0.05) is 12.1 Å². The van der Waals surface area contributed by atoms with Gasteiger partial charge in [-0.25, -0.2) is 0 Å². The second kappa shape index (κ2) is 12.2. The van der Waals surface area contributed by atoms with Crippen molar-refractivity contribution in [2.75, 3.05) is 12.3 Å². The summed E-state index contributed by atoms with van der Waals surface area (Å²) in [5, 5.41) is 3.36. The largest absolute Gasteiger partial charge is 0.398 e. The maximum Gasteiger partial charge on any atom is 0.251 e. The van der Waals surface area contributed by atoms with Crippen molar-refractivity contribution >= 4 is 23.2 Å². The van der Waals surface area contributed by atoms with E-state index in [-0.39, 0.29) is 5.91 Å². The molecule has 3 N–H and O–H groups in total. The maximum absolute atomic E-state index is 12.0. The van der Waals surface area contributed by atoms with Crippen molar-refractivity contribution < 1.29 is 4.79 Å². The minimum atomic E-state index is -0.0807. The van der Waals surface area contributed by atoms with Gasteiger partial charge in [0.25, 0.3) is 5.91 Å². The van der Waals surface area contributed by atoms with Crippen LogP contribution in [0.3, 0.4) is 0 Å². The molecule has 0 aliphatic rings. The Morgan fingerprint density at radius 3 is 2.13 bits per heavy atom. The Labute approximate surface area is 146 Å². The molecule has 0 bridgehead atoms. The molecule has 0 aliphatic carbocycles. The van der Waals surface area contributed by atoms with Gasteiger partial charge in [0.15, 0.2) is 0 Å². The molecule has 0 unspecified atom stereocenters. The highest BCUT2D eigenvalue weighted by atomic mass is 35.5. The molecule has 1 aromatic rings. The predicted octanol–water partition coefficient (Wildman–Crippen LogP) is 5.57. The number of nitrogens with two attached hydrogens (primary N) is 1. The van der Waals surface area contributed by atoms with E-state index in [2.05, 4.69) is 12.2 Å². The number of carbonyl (C=O) groups excluding carboxylic acids is 1. The Morgan fingerprint density at radius 2 is 1.57 bits per heavy atom. The van der Waals surface area contributed by atoms with Crippen LogP contribution in [0.2, 0.25) is 5.02 Å².